The maximum Gasteiger partial charge on any atom is 0.293 e. The van der Waals surface area contributed by atoms with Gasteiger partial charge in [-0.15, -0.1) is 0 Å². The number of nitrogens with one attached hydrogen (secondary N) is 1. The van der Waals surface area contributed by atoms with Crippen molar-refractivity contribution < 1.29 is 4.40 Å². The maximum atomic E-state index is 6.40. The fraction of sp³-hybridized carbons (Fsp3) is 0. The van der Waals surface area contributed by atoms with E-state index < -0.39 is 0 Å². The first-order valence-corrected chi connectivity index (χ1v) is 8.03. The highest BCUT2D eigenvalue weighted by molar-refractivity contribution is 6.36. The second kappa shape index (κ2) is 5.73. The van der Waals surface area contributed by atoms with E-state index in [2.05, 4.69) is 27.6 Å². The zero-order valence-corrected chi connectivity index (χ0v) is 13.6. The summed E-state index contributed by atoms with van der Waals surface area (Å²) in [5, 5.41) is 1.25. The number of hydrogen-bond donors (Lipinski definition) is 1. The molecule has 2 aromatic carbocycles. The van der Waals surface area contributed by atoms with E-state index in [1.165, 1.54) is 0 Å². The average Bonchev–Trinajstić information content (AvgIpc) is 2.95. The van der Waals surface area contributed by atoms with Gasteiger partial charge in [-0.3, -0.25) is 0 Å². The lowest BCUT2D eigenvalue weighted by Crippen LogP contribution is -2.21. The summed E-state index contributed by atoms with van der Waals surface area (Å²) in [5.74, 6) is 0.932. The molecule has 1 N–H and O–H groups in total. The van der Waals surface area contributed by atoms with Crippen molar-refractivity contribution in [1.82, 2.24) is 4.98 Å². The molecule has 0 spiro atoms. The van der Waals surface area contributed by atoms with Gasteiger partial charge in [0.05, 0.1) is 16.8 Å². The van der Waals surface area contributed by atoms with E-state index in [9.17, 15) is 0 Å². The molecule has 0 bridgehead atoms. The van der Waals surface area contributed by atoms with Crippen LogP contribution in [0.25, 0.3) is 28.2 Å². The molecule has 0 fully saturated rings. The van der Waals surface area contributed by atoms with Crippen molar-refractivity contribution in [1.29, 1.82) is 0 Å². The van der Waals surface area contributed by atoms with E-state index in [0.29, 0.717) is 10.0 Å². The number of benzene rings is 2. The van der Waals surface area contributed by atoms with Gasteiger partial charge >= 0.3 is 0 Å². The molecule has 0 unspecified atom stereocenters. The summed E-state index contributed by atoms with van der Waals surface area (Å²) in [7, 11) is 0. The van der Waals surface area contributed by atoms with Crippen LogP contribution in [0.2, 0.25) is 10.0 Å². The van der Waals surface area contributed by atoms with Crippen molar-refractivity contribution in [3.8, 4) is 22.6 Å². The summed E-state index contributed by atoms with van der Waals surface area (Å²) in [6.07, 6.45) is 2.03. The number of pyridine rings is 1. The van der Waals surface area contributed by atoms with Gasteiger partial charge in [-0.2, -0.15) is 4.40 Å². The third-order valence-corrected chi connectivity index (χ3v) is 4.40. The molecule has 0 saturated heterocycles. The molecule has 23 heavy (non-hydrogen) atoms. The van der Waals surface area contributed by atoms with E-state index in [4.69, 9.17) is 23.2 Å². The van der Waals surface area contributed by atoms with Crippen LogP contribution in [0.3, 0.4) is 0 Å². The predicted molar refractivity (Wildman–Crippen MR) is 94.8 cm³/mol. The summed E-state index contributed by atoms with van der Waals surface area (Å²) in [6.45, 7) is 0. The zero-order chi connectivity index (χ0) is 15.8. The molecule has 0 aliphatic rings. The molecule has 0 aliphatic heterocycles. The molecule has 0 aliphatic carbocycles. The molecule has 0 radical (unpaired) electrons. The van der Waals surface area contributed by atoms with Crippen LogP contribution in [0.1, 0.15) is 0 Å². The topological polar surface area (TPSA) is 19.9 Å². The van der Waals surface area contributed by atoms with Crippen molar-refractivity contribution >= 4 is 28.7 Å². The number of aromatic nitrogens is 2. The first-order valence-electron chi connectivity index (χ1n) is 7.27. The molecular formula is C19H13Cl2N2+. The van der Waals surface area contributed by atoms with Gasteiger partial charge in [-0.1, -0.05) is 59.6 Å². The van der Waals surface area contributed by atoms with Crippen LogP contribution in [-0.2, 0) is 0 Å². The van der Waals surface area contributed by atoms with Crippen molar-refractivity contribution in [3.63, 3.8) is 0 Å². The van der Waals surface area contributed by atoms with Crippen molar-refractivity contribution in [2.24, 2.45) is 0 Å². The highest BCUT2D eigenvalue weighted by Gasteiger charge is 2.22. The minimum Gasteiger partial charge on any atom is -0.236 e. The molecule has 2 heterocycles. The molecule has 2 nitrogen and oxygen atoms in total. The summed E-state index contributed by atoms with van der Waals surface area (Å²) in [5.41, 5.74) is 4.21. The highest BCUT2D eigenvalue weighted by Crippen LogP contribution is 2.31. The fourth-order valence-electron chi connectivity index (χ4n) is 2.79. The Morgan fingerprint density at radius 3 is 2.39 bits per heavy atom. The Hall–Kier alpha value is -2.29. The number of imidazole rings is 1. The Labute approximate surface area is 143 Å². The smallest absolute Gasteiger partial charge is 0.236 e. The van der Waals surface area contributed by atoms with Gasteiger partial charge in [0.25, 0.3) is 5.82 Å². The molecule has 0 amide bonds. The Bertz CT molecular complexity index is 991. The molecule has 0 atom stereocenters. The molecular weight excluding hydrogens is 327 g/mol. The molecule has 112 valence electrons. The molecule has 4 heteroatoms. The largest absolute Gasteiger partial charge is 0.293 e. The van der Waals surface area contributed by atoms with Crippen LogP contribution in [-0.4, -0.2) is 4.98 Å². The van der Waals surface area contributed by atoms with Crippen LogP contribution < -0.4 is 4.40 Å². The van der Waals surface area contributed by atoms with Crippen LogP contribution in [0, 0.1) is 0 Å². The van der Waals surface area contributed by atoms with E-state index in [1.54, 1.807) is 6.07 Å². The van der Waals surface area contributed by atoms with Crippen molar-refractivity contribution in [2.75, 3.05) is 0 Å². The summed E-state index contributed by atoms with van der Waals surface area (Å²) >= 11 is 12.4. The normalized spacial score (nSPS) is 11.0. The van der Waals surface area contributed by atoms with Gasteiger partial charge in [0.1, 0.15) is 0 Å². The molecule has 2 aromatic heterocycles. The van der Waals surface area contributed by atoms with Gasteiger partial charge in [-0.05, 0) is 30.3 Å². The van der Waals surface area contributed by atoms with Gasteiger partial charge in [0, 0.05) is 10.6 Å². The maximum absolute atomic E-state index is 6.40. The second-order valence-electron chi connectivity index (χ2n) is 5.29. The van der Waals surface area contributed by atoms with E-state index in [0.717, 1.165) is 28.2 Å². The van der Waals surface area contributed by atoms with Crippen LogP contribution >= 0.6 is 23.2 Å². The van der Waals surface area contributed by atoms with E-state index >= 15 is 0 Å². The van der Waals surface area contributed by atoms with Crippen LogP contribution in [0.5, 0.6) is 0 Å². The molecule has 4 aromatic rings. The summed E-state index contributed by atoms with van der Waals surface area (Å²) in [4.78, 5) is 3.52. The highest BCUT2D eigenvalue weighted by atomic mass is 35.5. The van der Waals surface area contributed by atoms with Gasteiger partial charge in [0.2, 0.25) is 0 Å². The quantitative estimate of drug-likeness (QED) is 0.472. The summed E-state index contributed by atoms with van der Waals surface area (Å²) < 4.78 is 2.11. The van der Waals surface area contributed by atoms with Gasteiger partial charge < -0.3 is 0 Å². The monoisotopic (exact) mass is 339 g/mol. The third kappa shape index (κ3) is 2.50. The zero-order valence-electron chi connectivity index (χ0n) is 12.1. The number of halogens is 2. The van der Waals surface area contributed by atoms with Crippen LogP contribution in [0.15, 0.2) is 72.9 Å². The SMILES string of the molecule is Clc1ccc(-c2[nH]c(-c3ccccc3)c3cccc[n+]23)c(Cl)c1. The van der Waals surface area contributed by atoms with E-state index in [-0.39, 0.29) is 0 Å². The molecule has 0 saturated carbocycles. The minimum atomic E-state index is 0.622. The van der Waals surface area contributed by atoms with Crippen molar-refractivity contribution in [2.45, 2.75) is 0 Å². The average molecular weight is 340 g/mol. The number of hydrogen-bond acceptors (Lipinski definition) is 0. The summed E-state index contributed by atoms with van der Waals surface area (Å²) in [6, 6.07) is 21.9. The number of aromatic amines is 1. The number of fused-ring (bicyclic) bond motifs is 1. The third-order valence-electron chi connectivity index (χ3n) is 3.85. The fourth-order valence-corrected chi connectivity index (χ4v) is 3.29. The Balaban J connectivity index is 2.02. The first-order chi connectivity index (χ1) is 11.2. The number of rotatable bonds is 2. The van der Waals surface area contributed by atoms with Gasteiger partial charge in [-0.25, -0.2) is 4.98 Å². The van der Waals surface area contributed by atoms with Crippen LogP contribution in [0.4, 0.5) is 0 Å². The Kier molecular flexibility index (Phi) is 3.56. The van der Waals surface area contributed by atoms with E-state index in [1.807, 2.05) is 48.7 Å². The second-order valence-corrected chi connectivity index (χ2v) is 6.14. The van der Waals surface area contributed by atoms with Gasteiger partial charge in [0.15, 0.2) is 11.2 Å². The predicted octanol–water partition coefficient (Wildman–Crippen LogP) is 5.39. The number of H-pyrrole nitrogens is 1. The standard InChI is InChI=1S/C19H12Cl2N2/c20-14-9-10-15(16(21)12-14)19-22-18(13-6-2-1-3-7-13)17-8-4-5-11-23(17)19/h1-12H/p+1. The lowest BCUT2D eigenvalue weighted by molar-refractivity contribution is -0.498. The molecule has 4 rings (SSSR count). The number of nitrogens with zero attached hydrogens (tertiary/aromatic N) is 1. The lowest BCUT2D eigenvalue weighted by atomic mass is 10.1. The first kappa shape index (κ1) is 14.3. The van der Waals surface area contributed by atoms with Crippen molar-refractivity contribution in [3.05, 3.63) is 83.0 Å². The lowest BCUT2D eigenvalue weighted by Gasteiger charge is -1.99. The minimum absolute atomic E-state index is 0.622. The Morgan fingerprint density at radius 1 is 0.826 bits per heavy atom. The Morgan fingerprint density at radius 2 is 1.61 bits per heavy atom.